The third-order valence-corrected chi connectivity index (χ3v) is 7.16. The molecule has 1 saturated carbocycles. The first kappa shape index (κ1) is 21.1. The maximum Gasteiger partial charge on any atom is 0.307 e. The van der Waals surface area contributed by atoms with Crippen LogP contribution in [0.1, 0.15) is 44.1 Å². The second kappa shape index (κ2) is 9.12. The SMILES string of the molecule is N=C(CC1CCCCC1)P(=O)(O)CC(Cc1ccc(F)c(Cl)c1)C(=O)O. The van der Waals surface area contributed by atoms with E-state index in [0.29, 0.717) is 5.56 Å². The van der Waals surface area contributed by atoms with E-state index in [0.717, 1.165) is 38.2 Å². The molecule has 1 aromatic rings. The summed E-state index contributed by atoms with van der Waals surface area (Å²) in [5.41, 5.74) is 0.232. The summed E-state index contributed by atoms with van der Waals surface area (Å²) < 4.78 is 25.8. The Balaban J connectivity index is 2.04. The number of nitrogens with one attached hydrogen (secondary N) is 1. The zero-order valence-corrected chi connectivity index (χ0v) is 16.1. The van der Waals surface area contributed by atoms with E-state index in [-0.39, 0.29) is 29.2 Å². The molecule has 0 aliphatic heterocycles. The van der Waals surface area contributed by atoms with Crippen LogP contribution in [0.3, 0.4) is 0 Å². The first-order valence-electron chi connectivity index (χ1n) is 8.75. The average molecular weight is 404 g/mol. The molecule has 8 heteroatoms. The molecule has 0 spiro atoms. The van der Waals surface area contributed by atoms with Gasteiger partial charge in [0.1, 0.15) is 5.82 Å². The van der Waals surface area contributed by atoms with Crippen molar-refractivity contribution in [3.63, 3.8) is 0 Å². The molecule has 144 valence electrons. The second-order valence-corrected chi connectivity index (χ2v) is 9.74. The minimum absolute atomic E-state index is 0.0450. The number of carboxylic acids is 1. The zero-order chi connectivity index (χ0) is 19.3. The summed E-state index contributed by atoms with van der Waals surface area (Å²) in [5.74, 6) is -2.73. The minimum Gasteiger partial charge on any atom is -0.481 e. The topological polar surface area (TPSA) is 98.5 Å². The quantitative estimate of drug-likeness (QED) is 0.423. The summed E-state index contributed by atoms with van der Waals surface area (Å²) in [6.07, 6.45) is 4.88. The summed E-state index contributed by atoms with van der Waals surface area (Å²) in [4.78, 5) is 21.8. The van der Waals surface area contributed by atoms with Gasteiger partial charge in [0.15, 0.2) is 0 Å². The van der Waals surface area contributed by atoms with Gasteiger partial charge in [-0.3, -0.25) is 14.8 Å². The number of carboxylic acid groups (broad SMARTS) is 1. The molecule has 3 N–H and O–H groups in total. The molecule has 2 rings (SSSR count). The molecule has 0 saturated heterocycles. The molecule has 1 aromatic carbocycles. The van der Waals surface area contributed by atoms with E-state index in [2.05, 4.69) is 0 Å². The summed E-state index contributed by atoms with van der Waals surface area (Å²) in [5, 5.41) is 17.3. The zero-order valence-electron chi connectivity index (χ0n) is 14.5. The van der Waals surface area contributed by atoms with Gasteiger partial charge in [0.2, 0.25) is 7.37 Å². The van der Waals surface area contributed by atoms with Crippen molar-refractivity contribution < 1.29 is 23.7 Å². The van der Waals surface area contributed by atoms with Crippen molar-refractivity contribution in [2.24, 2.45) is 11.8 Å². The van der Waals surface area contributed by atoms with Gasteiger partial charge < -0.3 is 10.00 Å². The van der Waals surface area contributed by atoms with Crippen LogP contribution in [0.15, 0.2) is 18.2 Å². The van der Waals surface area contributed by atoms with Crippen LogP contribution < -0.4 is 0 Å². The Bertz CT molecular complexity index is 721. The smallest absolute Gasteiger partial charge is 0.307 e. The van der Waals surface area contributed by atoms with E-state index < -0.39 is 31.2 Å². The van der Waals surface area contributed by atoms with Crippen molar-refractivity contribution >= 4 is 30.4 Å². The van der Waals surface area contributed by atoms with Crippen LogP contribution in [0.5, 0.6) is 0 Å². The Hall–Kier alpha value is -1.23. The lowest BCUT2D eigenvalue weighted by molar-refractivity contribution is -0.140. The van der Waals surface area contributed by atoms with Gasteiger partial charge in [0.25, 0.3) is 0 Å². The number of hydrogen-bond acceptors (Lipinski definition) is 3. The van der Waals surface area contributed by atoms with Gasteiger partial charge >= 0.3 is 5.97 Å². The molecule has 2 unspecified atom stereocenters. The normalized spacial score (nSPS) is 18.9. The molecular weight excluding hydrogens is 380 g/mol. The van der Waals surface area contributed by atoms with Crippen molar-refractivity contribution in [3.05, 3.63) is 34.6 Å². The van der Waals surface area contributed by atoms with Crippen molar-refractivity contribution in [2.45, 2.75) is 44.9 Å². The second-order valence-electron chi connectivity index (χ2n) is 7.03. The van der Waals surface area contributed by atoms with E-state index in [1.165, 1.54) is 12.1 Å². The Labute approximate surface area is 157 Å². The summed E-state index contributed by atoms with van der Waals surface area (Å²) >= 11 is 5.71. The van der Waals surface area contributed by atoms with E-state index in [4.69, 9.17) is 17.0 Å². The van der Waals surface area contributed by atoms with Gasteiger partial charge in [-0.15, -0.1) is 0 Å². The van der Waals surface area contributed by atoms with Crippen LogP contribution in [0.2, 0.25) is 5.02 Å². The van der Waals surface area contributed by atoms with Gasteiger partial charge in [0, 0.05) is 6.16 Å². The number of carbonyl (C=O) groups is 1. The monoisotopic (exact) mass is 403 g/mol. The minimum atomic E-state index is -4.02. The van der Waals surface area contributed by atoms with Crippen molar-refractivity contribution in [3.8, 4) is 0 Å². The highest BCUT2D eigenvalue weighted by Gasteiger charge is 2.34. The van der Waals surface area contributed by atoms with Crippen LogP contribution in [-0.2, 0) is 15.8 Å². The molecule has 1 fully saturated rings. The van der Waals surface area contributed by atoms with Gasteiger partial charge in [-0.1, -0.05) is 49.8 Å². The van der Waals surface area contributed by atoms with Crippen molar-refractivity contribution in [1.29, 1.82) is 5.41 Å². The number of aliphatic carboxylic acids is 1. The van der Waals surface area contributed by atoms with Gasteiger partial charge in [-0.2, -0.15) is 0 Å². The predicted molar refractivity (Wildman–Crippen MR) is 99.9 cm³/mol. The van der Waals surface area contributed by atoms with E-state index in [9.17, 15) is 23.7 Å². The van der Waals surface area contributed by atoms with Gasteiger partial charge in [-0.05, 0) is 36.5 Å². The molecule has 0 radical (unpaired) electrons. The van der Waals surface area contributed by atoms with Crippen LogP contribution in [0.4, 0.5) is 4.39 Å². The molecule has 0 aromatic heterocycles. The molecule has 0 bridgehead atoms. The van der Waals surface area contributed by atoms with Crippen LogP contribution in [0, 0.1) is 23.1 Å². The lowest BCUT2D eigenvalue weighted by atomic mass is 9.87. The molecule has 0 amide bonds. The number of benzene rings is 1. The fraction of sp³-hybridized carbons (Fsp3) is 0.556. The molecule has 26 heavy (non-hydrogen) atoms. The Kier molecular flexibility index (Phi) is 7.39. The molecule has 0 heterocycles. The number of halogens is 2. The number of hydrogen-bond donors (Lipinski definition) is 3. The van der Waals surface area contributed by atoms with E-state index >= 15 is 0 Å². The van der Waals surface area contributed by atoms with Gasteiger partial charge in [-0.25, -0.2) is 4.39 Å². The predicted octanol–water partition coefficient (Wildman–Crippen LogP) is 4.94. The maximum atomic E-state index is 13.2. The van der Waals surface area contributed by atoms with Crippen molar-refractivity contribution in [2.75, 3.05) is 6.16 Å². The third kappa shape index (κ3) is 5.90. The first-order chi connectivity index (χ1) is 12.2. The fourth-order valence-electron chi connectivity index (χ4n) is 3.40. The fourth-order valence-corrected chi connectivity index (χ4v) is 5.25. The standard InChI is InChI=1S/C18H24ClFNO4P/c19-15-9-13(6-7-16(15)20)8-14(18(22)23)11-26(24,25)17(21)10-12-4-2-1-3-5-12/h6-7,9,12,14,21H,1-5,8,10-11H2,(H,22,23)(H,24,25). The number of rotatable bonds is 8. The van der Waals surface area contributed by atoms with Gasteiger partial charge in [0.05, 0.1) is 16.4 Å². The lowest BCUT2D eigenvalue weighted by Gasteiger charge is -2.24. The molecule has 2 atom stereocenters. The van der Waals surface area contributed by atoms with Crippen LogP contribution >= 0.6 is 19.0 Å². The average Bonchev–Trinajstić information content (AvgIpc) is 2.58. The lowest BCUT2D eigenvalue weighted by Crippen LogP contribution is -2.23. The van der Waals surface area contributed by atoms with E-state index in [1.54, 1.807) is 0 Å². The molecule has 5 nitrogen and oxygen atoms in total. The highest BCUT2D eigenvalue weighted by Crippen LogP contribution is 2.47. The highest BCUT2D eigenvalue weighted by atomic mass is 35.5. The first-order valence-corrected chi connectivity index (χ1v) is 11.0. The highest BCUT2D eigenvalue weighted by molar-refractivity contribution is 7.75. The van der Waals surface area contributed by atoms with E-state index in [1.807, 2.05) is 0 Å². The van der Waals surface area contributed by atoms with Crippen LogP contribution in [0.25, 0.3) is 0 Å². The summed E-state index contributed by atoms with van der Waals surface area (Å²) in [6, 6.07) is 3.87. The summed E-state index contributed by atoms with van der Waals surface area (Å²) in [6.45, 7) is 0. The Morgan fingerprint density at radius 2 is 2.00 bits per heavy atom. The summed E-state index contributed by atoms with van der Waals surface area (Å²) in [7, 11) is -4.02. The Morgan fingerprint density at radius 3 is 2.58 bits per heavy atom. The Morgan fingerprint density at radius 1 is 1.35 bits per heavy atom. The largest absolute Gasteiger partial charge is 0.481 e. The third-order valence-electron chi connectivity index (χ3n) is 4.91. The molecule has 1 aliphatic rings. The van der Waals surface area contributed by atoms with Crippen LogP contribution in [-0.4, -0.2) is 27.6 Å². The molecule has 1 aliphatic carbocycles. The van der Waals surface area contributed by atoms with Crippen molar-refractivity contribution in [1.82, 2.24) is 0 Å². The molecular formula is C18H24ClFNO4P. The maximum absolute atomic E-state index is 13.2.